The molecule has 0 aromatic heterocycles. The molecule has 0 aliphatic rings. The second kappa shape index (κ2) is 10.4. The van der Waals surface area contributed by atoms with Crippen molar-refractivity contribution in [2.75, 3.05) is 46.7 Å². The summed E-state index contributed by atoms with van der Waals surface area (Å²) in [5.41, 5.74) is -1.31. The summed E-state index contributed by atoms with van der Waals surface area (Å²) in [7, 11) is 1.60. The standard InChI is InChI=1S/C12H24N2O6/c1-12(2,10(15)16)14-11(17)13-4-5-19-8-9-20-7-6-18-3/h4-9H2,1-3H3,(H,15,16)(H2,13,14,17). The summed E-state index contributed by atoms with van der Waals surface area (Å²) in [5.74, 6) is -1.10. The lowest BCUT2D eigenvalue weighted by Crippen LogP contribution is -2.53. The molecule has 0 unspecified atom stereocenters. The zero-order valence-corrected chi connectivity index (χ0v) is 12.2. The number of amides is 2. The fraction of sp³-hybridized carbons (Fsp3) is 0.833. The van der Waals surface area contributed by atoms with Crippen LogP contribution in [0.25, 0.3) is 0 Å². The number of rotatable bonds is 11. The SMILES string of the molecule is COCCOCCOCCNC(=O)NC(C)(C)C(=O)O. The van der Waals surface area contributed by atoms with Crippen LogP contribution in [-0.4, -0.2) is 69.3 Å². The molecule has 0 atom stereocenters. The molecule has 0 saturated carbocycles. The van der Waals surface area contributed by atoms with Crippen LogP contribution >= 0.6 is 0 Å². The van der Waals surface area contributed by atoms with Crippen molar-refractivity contribution in [3.63, 3.8) is 0 Å². The maximum atomic E-state index is 11.4. The lowest BCUT2D eigenvalue weighted by atomic mass is 10.1. The van der Waals surface area contributed by atoms with Crippen LogP contribution in [0.3, 0.4) is 0 Å². The van der Waals surface area contributed by atoms with Gasteiger partial charge in [-0.2, -0.15) is 0 Å². The maximum absolute atomic E-state index is 11.4. The predicted octanol–water partition coefficient (Wildman–Crippen LogP) is -0.172. The second-order valence-corrected chi connectivity index (χ2v) is 4.53. The third-order valence-corrected chi connectivity index (χ3v) is 2.30. The first-order chi connectivity index (χ1) is 9.40. The molecule has 0 bridgehead atoms. The van der Waals surface area contributed by atoms with Crippen molar-refractivity contribution in [3.05, 3.63) is 0 Å². The fourth-order valence-electron chi connectivity index (χ4n) is 1.08. The molecule has 0 heterocycles. The van der Waals surface area contributed by atoms with E-state index in [0.717, 1.165) is 0 Å². The number of urea groups is 1. The van der Waals surface area contributed by atoms with Gasteiger partial charge in [0.25, 0.3) is 0 Å². The van der Waals surface area contributed by atoms with E-state index in [9.17, 15) is 9.59 Å². The highest BCUT2D eigenvalue weighted by atomic mass is 16.5. The van der Waals surface area contributed by atoms with Crippen molar-refractivity contribution in [1.82, 2.24) is 10.6 Å². The van der Waals surface area contributed by atoms with E-state index in [1.165, 1.54) is 13.8 Å². The number of hydrogen-bond donors (Lipinski definition) is 3. The molecule has 8 heteroatoms. The van der Waals surface area contributed by atoms with Crippen LogP contribution in [0, 0.1) is 0 Å². The van der Waals surface area contributed by atoms with E-state index in [1.54, 1.807) is 7.11 Å². The molecule has 8 nitrogen and oxygen atoms in total. The number of carbonyl (C=O) groups excluding carboxylic acids is 1. The number of ether oxygens (including phenoxy) is 3. The molecule has 20 heavy (non-hydrogen) atoms. The predicted molar refractivity (Wildman–Crippen MR) is 71.8 cm³/mol. The minimum atomic E-state index is -1.31. The summed E-state index contributed by atoms with van der Waals surface area (Å²) >= 11 is 0. The van der Waals surface area contributed by atoms with Crippen LogP contribution in [-0.2, 0) is 19.0 Å². The number of carboxylic acids is 1. The van der Waals surface area contributed by atoms with Gasteiger partial charge in [-0.1, -0.05) is 0 Å². The van der Waals surface area contributed by atoms with Crippen LogP contribution in [0.4, 0.5) is 4.79 Å². The normalized spacial score (nSPS) is 11.2. The summed E-state index contributed by atoms with van der Waals surface area (Å²) in [6, 6.07) is -0.544. The third-order valence-electron chi connectivity index (χ3n) is 2.30. The van der Waals surface area contributed by atoms with Gasteiger partial charge in [0.15, 0.2) is 0 Å². The van der Waals surface area contributed by atoms with Gasteiger partial charge >= 0.3 is 12.0 Å². The van der Waals surface area contributed by atoms with E-state index in [0.29, 0.717) is 39.6 Å². The average molecular weight is 292 g/mol. The van der Waals surface area contributed by atoms with Crippen molar-refractivity contribution in [1.29, 1.82) is 0 Å². The van der Waals surface area contributed by atoms with Gasteiger partial charge in [0.05, 0.1) is 33.0 Å². The summed E-state index contributed by atoms with van der Waals surface area (Å²) in [6.45, 7) is 5.38. The summed E-state index contributed by atoms with van der Waals surface area (Å²) < 4.78 is 15.2. The van der Waals surface area contributed by atoms with Crippen molar-refractivity contribution in [2.24, 2.45) is 0 Å². The van der Waals surface area contributed by atoms with Gasteiger partial charge in [-0.15, -0.1) is 0 Å². The minimum absolute atomic E-state index is 0.291. The van der Waals surface area contributed by atoms with Crippen molar-refractivity contribution in [3.8, 4) is 0 Å². The minimum Gasteiger partial charge on any atom is -0.480 e. The van der Waals surface area contributed by atoms with Gasteiger partial charge in [0.2, 0.25) is 0 Å². The van der Waals surface area contributed by atoms with Crippen molar-refractivity contribution >= 4 is 12.0 Å². The van der Waals surface area contributed by atoms with E-state index in [-0.39, 0.29) is 0 Å². The summed E-state index contributed by atoms with van der Waals surface area (Å²) in [6.07, 6.45) is 0. The number of aliphatic carboxylic acids is 1. The highest BCUT2D eigenvalue weighted by molar-refractivity contribution is 5.85. The molecule has 0 aliphatic carbocycles. The molecule has 0 aliphatic heterocycles. The Labute approximate surface area is 118 Å². The smallest absolute Gasteiger partial charge is 0.328 e. The van der Waals surface area contributed by atoms with Gasteiger partial charge < -0.3 is 30.0 Å². The third kappa shape index (κ3) is 9.54. The zero-order valence-electron chi connectivity index (χ0n) is 12.2. The Kier molecular flexibility index (Phi) is 9.69. The van der Waals surface area contributed by atoms with E-state index in [4.69, 9.17) is 19.3 Å². The Morgan fingerprint density at radius 1 is 1.05 bits per heavy atom. The van der Waals surface area contributed by atoms with E-state index >= 15 is 0 Å². The molecule has 0 saturated heterocycles. The maximum Gasteiger partial charge on any atom is 0.328 e. The van der Waals surface area contributed by atoms with Gasteiger partial charge in [-0.05, 0) is 13.8 Å². The molecule has 0 radical (unpaired) electrons. The number of nitrogens with one attached hydrogen (secondary N) is 2. The van der Waals surface area contributed by atoms with Gasteiger partial charge in [0, 0.05) is 13.7 Å². The number of carbonyl (C=O) groups is 2. The Balaban J connectivity index is 3.47. The highest BCUT2D eigenvalue weighted by Crippen LogP contribution is 2.00. The van der Waals surface area contributed by atoms with E-state index in [1.807, 2.05) is 0 Å². The second-order valence-electron chi connectivity index (χ2n) is 4.53. The fourth-order valence-corrected chi connectivity index (χ4v) is 1.08. The van der Waals surface area contributed by atoms with Crippen molar-refractivity contribution in [2.45, 2.75) is 19.4 Å². The lowest BCUT2D eigenvalue weighted by molar-refractivity contribution is -0.142. The first kappa shape index (κ1) is 18.6. The molecule has 3 N–H and O–H groups in total. The topological polar surface area (TPSA) is 106 Å². The Morgan fingerprint density at radius 3 is 2.15 bits per heavy atom. The molecular weight excluding hydrogens is 268 g/mol. The number of carboxylic acid groups (broad SMARTS) is 1. The molecular formula is C12H24N2O6. The van der Waals surface area contributed by atoms with Gasteiger partial charge in [0.1, 0.15) is 5.54 Å². The van der Waals surface area contributed by atoms with E-state index in [2.05, 4.69) is 10.6 Å². The number of methoxy groups -OCH3 is 1. The summed E-state index contributed by atoms with van der Waals surface area (Å²) in [5, 5.41) is 13.7. The largest absolute Gasteiger partial charge is 0.480 e. The van der Waals surface area contributed by atoms with Gasteiger partial charge in [-0.25, -0.2) is 9.59 Å². The molecule has 2 amide bonds. The zero-order chi connectivity index (χ0) is 15.4. The Morgan fingerprint density at radius 2 is 1.60 bits per heavy atom. The first-order valence-corrected chi connectivity index (χ1v) is 6.34. The Hall–Kier alpha value is -1.38. The lowest BCUT2D eigenvalue weighted by Gasteiger charge is -2.21. The van der Waals surface area contributed by atoms with Crippen LogP contribution in [0.1, 0.15) is 13.8 Å². The van der Waals surface area contributed by atoms with Crippen LogP contribution in [0.2, 0.25) is 0 Å². The highest BCUT2D eigenvalue weighted by Gasteiger charge is 2.28. The molecule has 0 fully saturated rings. The summed E-state index contributed by atoms with van der Waals surface area (Å²) in [4.78, 5) is 22.2. The van der Waals surface area contributed by atoms with Gasteiger partial charge in [-0.3, -0.25) is 0 Å². The molecule has 0 aromatic rings. The monoisotopic (exact) mass is 292 g/mol. The molecule has 0 spiro atoms. The van der Waals surface area contributed by atoms with Crippen LogP contribution in [0.5, 0.6) is 0 Å². The average Bonchev–Trinajstić information content (AvgIpc) is 2.36. The number of hydrogen-bond acceptors (Lipinski definition) is 5. The first-order valence-electron chi connectivity index (χ1n) is 6.34. The van der Waals surface area contributed by atoms with Crippen LogP contribution < -0.4 is 10.6 Å². The van der Waals surface area contributed by atoms with E-state index < -0.39 is 17.5 Å². The quantitative estimate of drug-likeness (QED) is 0.456. The molecule has 0 aromatic carbocycles. The Bertz CT molecular complexity index is 296. The van der Waals surface area contributed by atoms with Crippen molar-refractivity contribution < 1.29 is 28.9 Å². The van der Waals surface area contributed by atoms with Crippen LogP contribution in [0.15, 0.2) is 0 Å². The molecule has 118 valence electrons. The molecule has 0 rings (SSSR count).